The minimum atomic E-state index is -0.574. The molecule has 0 spiro atoms. The Labute approximate surface area is 171 Å². The van der Waals surface area contributed by atoms with Crippen molar-refractivity contribution in [2.45, 2.75) is 32.8 Å². The van der Waals surface area contributed by atoms with E-state index in [0.717, 1.165) is 27.7 Å². The van der Waals surface area contributed by atoms with Crippen LogP contribution < -0.4 is 9.79 Å². The number of nitrogens with zero attached hydrogens (tertiary/aromatic N) is 2. The molecule has 0 radical (unpaired) electrons. The van der Waals surface area contributed by atoms with E-state index in [1.807, 2.05) is 53.2 Å². The van der Waals surface area contributed by atoms with Crippen molar-refractivity contribution in [1.29, 1.82) is 0 Å². The number of benzene rings is 2. The van der Waals surface area contributed by atoms with Gasteiger partial charge in [0.05, 0.1) is 12.6 Å². The lowest BCUT2D eigenvalue weighted by Gasteiger charge is -2.19. The summed E-state index contributed by atoms with van der Waals surface area (Å²) in [4.78, 5) is 24.8. The Morgan fingerprint density at radius 1 is 1.07 bits per heavy atom. The molecule has 1 heterocycles. The molecule has 0 aliphatic heterocycles. The van der Waals surface area contributed by atoms with Crippen LogP contribution in [-0.4, -0.2) is 37.5 Å². The number of fused-ring (bicyclic) bond motifs is 1. The van der Waals surface area contributed by atoms with E-state index in [0.29, 0.717) is 12.2 Å². The number of aromatic nitrogens is 1. The number of carbonyl (C=O) groups excluding carboxylic acids is 1. The molecule has 0 atom stereocenters. The van der Waals surface area contributed by atoms with Gasteiger partial charge >= 0.3 is 6.09 Å². The highest BCUT2D eigenvalue weighted by Gasteiger charge is 2.21. The van der Waals surface area contributed by atoms with Gasteiger partial charge in [-0.15, -0.1) is 0 Å². The Balaban J connectivity index is 2.02. The summed E-state index contributed by atoms with van der Waals surface area (Å²) in [6.07, 6.45) is 2.11. The smallest absolute Gasteiger partial charge is 0.419 e. The van der Waals surface area contributed by atoms with E-state index >= 15 is 0 Å². The summed E-state index contributed by atoms with van der Waals surface area (Å²) in [6, 6.07) is 13.9. The first-order chi connectivity index (χ1) is 13.7. The van der Waals surface area contributed by atoms with E-state index in [-0.39, 0.29) is 0 Å². The number of carbonyl (C=O) groups is 1. The molecule has 0 saturated heterocycles. The van der Waals surface area contributed by atoms with Gasteiger partial charge < -0.3 is 14.5 Å². The number of hydrogen-bond acceptors (Lipinski definition) is 5. The molecule has 0 amide bonds. The standard InChI is InChI=1S/C23H28N2O4/c1-23(2,3)28-22(26)25-15-17(13-16-7-9-18(10-8-16)24(4)5)20-14-19(29-27-6)11-12-21(20)25/h7-12,14-15H,13H2,1-6H3. The Morgan fingerprint density at radius 2 is 1.76 bits per heavy atom. The van der Waals surface area contributed by atoms with Crippen LogP contribution in [0.25, 0.3) is 10.9 Å². The van der Waals surface area contributed by atoms with Gasteiger partial charge in [0, 0.05) is 31.4 Å². The van der Waals surface area contributed by atoms with Gasteiger partial charge in [-0.05, 0) is 68.7 Å². The van der Waals surface area contributed by atoms with Gasteiger partial charge in [0.15, 0.2) is 5.75 Å². The molecule has 3 rings (SSSR count). The van der Waals surface area contributed by atoms with Crippen LogP contribution in [0.1, 0.15) is 31.9 Å². The van der Waals surface area contributed by atoms with Crippen LogP contribution in [0.2, 0.25) is 0 Å². The quantitative estimate of drug-likeness (QED) is 0.448. The summed E-state index contributed by atoms with van der Waals surface area (Å²) in [5, 5.41) is 0.919. The number of hydrogen-bond donors (Lipinski definition) is 0. The average Bonchev–Trinajstić information content (AvgIpc) is 2.99. The first kappa shape index (κ1) is 20.7. The average molecular weight is 396 g/mol. The van der Waals surface area contributed by atoms with Crippen LogP contribution in [0.15, 0.2) is 48.7 Å². The molecule has 154 valence electrons. The fourth-order valence-electron chi connectivity index (χ4n) is 3.16. The second kappa shape index (κ2) is 8.17. The molecular weight excluding hydrogens is 368 g/mol. The molecule has 0 saturated carbocycles. The van der Waals surface area contributed by atoms with Gasteiger partial charge in [0.1, 0.15) is 5.60 Å². The van der Waals surface area contributed by atoms with Gasteiger partial charge in [0.2, 0.25) is 0 Å². The van der Waals surface area contributed by atoms with Crippen LogP contribution in [-0.2, 0) is 16.0 Å². The topological polar surface area (TPSA) is 52.9 Å². The summed E-state index contributed by atoms with van der Waals surface area (Å²) in [7, 11) is 5.49. The summed E-state index contributed by atoms with van der Waals surface area (Å²) < 4.78 is 7.13. The number of rotatable bonds is 5. The minimum absolute atomic E-state index is 0.405. The maximum absolute atomic E-state index is 12.7. The van der Waals surface area contributed by atoms with Crippen molar-refractivity contribution in [3.63, 3.8) is 0 Å². The lowest BCUT2D eigenvalue weighted by molar-refractivity contribution is -0.178. The van der Waals surface area contributed by atoms with Crippen molar-refractivity contribution in [2.75, 3.05) is 26.1 Å². The van der Waals surface area contributed by atoms with Gasteiger partial charge in [-0.1, -0.05) is 12.1 Å². The van der Waals surface area contributed by atoms with Crippen molar-refractivity contribution >= 4 is 22.7 Å². The first-order valence-electron chi connectivity index (χ1n) is 9.52. The largest absolute Gasteiger partial charge is 0.443 e. The Bertz CT molecular complexity index is 998. The fourth-order valence-corrected chi connectivity index (χ4v) is 3.16. The van der Waals surface area contributed by atoms with E-state index in [1.165, 1.54) is 7.11 Å². The normalized spacial score (nSPS) is 11.5. The van der Waals surface area contributed by atoms with Crippen LogP contribution in [0.4, 0.5) is 10.5 Å². The molecule has 2 aromatic carbocycles. The molecular formula is C23H28N2O4. The molecule has 6 nitrogen and oxygen atoms in total. The van der Waals surface area contributed by atoms with E-state index in [9.17, 15) is 4.79 Å². The third-order valence-electron chi connectivity index (χ3n) is 4.48. The second-order valence-electron chi connectivity index (χ2n) is 8.17. The zero-order valence-corrected chi connectivity index (χ0v) is 17.9. The second-order valence-corrected chi connectivity index (χ2v) is 8.17. The number of anilines is 1. The van der Waals surface area contributed by atoms with Crippen LogP contribution in [0, 0.1) is 0 Å². The monoisotopic (exact) mass is 396 g/mol. The molecule has 0 fully saturated rings. The van der Waals surface area contributed by atoms with Crippen molar-refractivity contribution in [3.05, 3.63) is 59.8 Å². The molecule has 1 aromatic heterocycles. The van der Waals surface area contributed by atoms with Gasteiger partial charge in [-0.25, -0.2) is 4.79 Å². The molecule has 0 aliphatic carbocycles. The van der Waals surface area contributed by atoms with Crippen molar-refractivity contribution < 1.29 is 19.3 Å². The molecule has 0 bridgehead atoms. The van der Waals surface area contributed by atoms with Gasteiger partial charge in [0.25, 0.3) is 0 Å². The van der Waals surface area contributed by atoms with Crippen LogP contribution >= 0.6 is 0 Å². The third kappa shape index (κ3) is 4.90. The Morgan fingerprint density at radius 3 is 2.34 bits per heavy atom. The molecule has 0 unspecified atom stereocenters. The Kier molecular flexibility index (Phi) is 5.84. The molecule has 0 aliphatic rings. The zero-order valence-electron chi connectivity index (χ0n) is 17.9. The highest BCUT2D eigenvalue weighted by molar-refractivity contribution is 5.93. The molecule has 3 aromatic rings. The Hall–Kier alpha value is -2.99. The molecule has 0 N–H and O–H groups in total. The maximum atomic E-state index is 12.7. The van der Waals surface area contributed by atoms with Crippen molar-refractivity contribution in [2.24, 2.45) is 0 Å². The summed E-state index contributed by atoms with van der Waals surface area (Å²) >= 11 is 0. The van der Waals surface area contributed by atoms with E-state index in [1.54, 1.807) is 10.6 Å². The minimum Gasteiger partial charge on any atom is -0.443 e. The third-order valence-corrected chi connectivity index (χ3v) is 4.48. The predicted molar refractivity (Wildman–Crippen MR) is 115 cm³/mol. The lowest BCUT2D eigenvalue weighted by Crippen LogP contribution is -2.26. The lowest BCUT2D eigenvalue weighted by atomic mass is 10.0. The SMILES string of the molecule is COOc1ccc2c(c1)c(Cc1ccc(N(C)C)cc1)cn2C(=O)OC(C)(C)C. The first-order valence-corrected chi connectivity index (χ1v) is 9.52. The highest BCUT2D eigenvalue weighted by Crippen LogP contribution is 2.29. The summed E-state index contributed by atoms with van der Waals surface area (Å²) in [5.41, 5.74) is 3.49. The zero-order chi connectivity index (χ0) is 21.2. The van der Waals surface area contributed by atoms with E-state index in [4.69, 9.17) is 14.5 Å². The summed E-state index contributed by atoms with van der Waals surface area (Å²) in [6.45, 7) is 5.57. The fraction of sp³-hybridized carbons (Fsp3) is 0.348. The molecule has 29 heavy (non-hydrogen) atoms. The van der Waals surface area contributed by atoms with Gasteiger partial charge in [-0.3, -0.25) is 4.57 Å². The predicted octanol–water partition coefficient (Wildman–Crippen LogP) is 5.02. The van der Waals surface area contributed by atoms with E-state index in [2.05, 4.69) is 29.2 Å². The van der Waals surface area contributed by atoms with Gasteiger partial charge in [-0.2, -0.15) is 4.89 Å². The van der Waals surface area contributed by atoms with Crippen LogP contribution in [0.3, 0.4) is 0 Å². The maximum Gasteiger partial charge on any atom is 0.419 e. The number of ether oxygens (including phenoxy) is 1. The highest BCUT2D eigenvalue weighted by atomic mass is 17.2. The van der Waals surface area contributed by atoms with E-state index < -0.39 is 11.7 Å². The van der Waals surface area contributed by atoms with Crippen molar-refractivity contribution in [1.82, 2.24) is 4.57 Å². The van der Waals surface area contributed by atoms with Crippen molar-refractivity contribution in [3.8, 4) is 5.75 Å². The summed E-state index contributed by atoms with van der Waals surface area (Å²) in [5.74, 6) is 0.575. The molecule has 6 heteroatoms. The van der Waals surface area contributed by atoms with Crippen LogP contribution in [0.5, 0.6) is 5.75 Å².